The Morgan fingerprint density at radius 3 is 1.18 bits per heavy atom. The summed E-state index contributed by atoms with van der Waals surface area (Å²) in [5, 5.41) is 3.78. The standard InChI is InChI=1S/C30H27F2N3O2.C30H26F2N2O3.C29H26F5N3O2.C29H24F2N2O3/c1-18-4-6-22(7-5-18)30-33-15-29(37-30)23(10-21-11-24(31)14-25(32)12-21)13-26(36)16-35-17-34-27-8-19(2)20(3)9-28(27)35;1-18-3-5-21(6-4-18)30-33-17-27(37-30)23(11-19-12-24(31)16-25(32)13-19)15-26(35)14-22-8-7-20-9-10-28(36-2)34-29(20)22;1-17-6-8-19(9-7-17)28-35-15-26(39-28)20(10-18-11-21(30)14-22(31)12-18)13-23(38)16-37-25-5-3-2-4-24(25)27(36-37)29(32,33)34;1-17-2-4-20(5-3-17)29-32-16-26(36-29)22(10-18-11-23(30)15-24(31)12-18)14-25(34)13-21-7-6-19-8-9-27(35)33-28(19)21/h4-9,11-12,14-15,17,23H,10,13,16H2,1-3H3;3-6,8-10,12-13,16-17,23H,7,11,14-15H2,1-2H3;6-9,11-12,14-15,20H,2-5,10,13,16H2,1H3;2-5,7-9,11-12,15-16,22H,6,10,13-14H2,1H3,(H,33,35). The second kappa shape index (κ2) is 46.2. The number of H-pyrrole nitrogens is 1. The van der Waals surface area contributed by atoms with Crippen molar-refractivity contribution in [1.29, 1.82) is 0 Å². The van der Waals surface area contributed by atoms with Gasteiger partial charge in [-0.2, -0.15) is 18.3 Å². The van der Waals surface area contributed by atoms with E-state index in [1.807, 2.05) is 174 Å². The Morgan fingerprint density at radius 1 is 0.416 bits per heavy atom. The molecule has 3 aliphatic rings. The average Bonchev–Trinajstić information content (AvgIpc) is 1.62. The lowest BCUT2D eigenvalue weighted by Gasteiger charge is -2.16. The maximum atomic E-state index is 13.9. The lowest BCUT2D eigenvalue weighted by molar-refractivity contribution is -0.142. The summed E-state index contributed by atoms with van der Waals surface area (Å²) < 4.78 is 184. The van der Waals surface area contributed by atoms with E-state index in [4.69, 9.17) is 22.4 Å². The van der Waals surface area contributed by atoms with Gasteiger partial charge in [-0.15, -0.1) is 0 Å². The molecule has 9 aromatic carbocycles. The summed E-state index contributed by atoms with van der Waals surface area (Å²) in [6.45, 7) is 11.8. The molecule has 149 heavy (non-hydrogen) atoms. The molecular formula is C118H103F11N10O10. The van der Waals surface area contributed by atoms with Crippen LogP contribution < -0.4 is 10.3 Å². The predicted octanol–water partition coefficient (Wildman–Crippen LogP) is 26.5. The smallest absolute Gasteiger partial charge is 0.435 e. The number of imidazole rings is 1. The zero-order valence-electron chi connectivity index (χ0n) is 82.5. The lowest BCUT2D eigenvalue weighted by atomic mass is 9.90. The first kappa shape index (κ1) is 104. The number of methoxy groups -OCH3 is 1. The summed E-state index contributed by atoms with van der Waals surface area (Å²) in [6.07, 6.45) is 11.9. The molecular weight excluding hydrogens is 1930 g/mol. The van der Waals surface area contributed by atoms with Crippen molar-refractivity contribution in [2.24, 2.45) is 0 Å². The molecule has 0 fully saturated rings. The van der Waals surface area contributed by atoms with E-state index in [9.17, 15) is 72.3 Å². The number of nitrogens with one attached hydrogen (secondary N) is 1. The fourth-order valence-electron chi connectivity index (χ4n) is 19.0. The van der Waals surface area contributed by atoms with Gasteiger partial charge in [0.1, 0.15) is 81.1 Å². The van der Waals surface area contributed by atoms with E-state index in [-0.39, 0.29) is 118 Å². The van der Waals surface area contributed by atoms with E-state index in [2.05, 4.69) is 40.0 Å². The van der Waals surface area contributed by atoms with Crippen LogP contribution in [0, 0.1) is 88.1 Å². The number of allylic oxidation sites excluding steroid dienone is 4. The van der Waals surface area contributed by atoms with Crippen molar-refractivity contribution in [2.75, 3.05) is 7.11 Å². The summed E-state index contributed by atoms with van der Waals surface area (Å²) in [5.41, 5.74) is 17.7. The maximum absolute atomic E-state index is 13.9. The molecule has 17 aromatic rings. The molecule has 0 bridgehead atoms. The number of benzene rings is 9. The third kappa shape index (κ3) is 26.8. The molecule has 3 aliphatic carbocycles. The number of aryl methyl sites for hydroxylation is 6. The Labute approximate surface area is 850 Å². The summed E-state index contributed by atoms with van der Waals surface area (Å²) in [7, 11) is 1.56. The van der Waals surface area contributed by atoms with Crippen LogP contribution in [0.3, 0.4) is 0 Å². The van der Waals surface area contributed by atoms with Crippen molar-refractivity contribution in [1.82, 2.24) is 49.2 Å². The van der Waals surface area contributed by atoms with Gasteiger partial charge < -0.3 is 32.0 Å². The number of aromatic nitrogens is 10. The van der Waals surface area contributed by atoms with E-state index in [0.29, 0.717) is 112 Å². The number of rotatable bonds is 33. The highest BCUT2D eigenvalue weighted by Gasteiger charge is 2.41. The van der Waals surface area contributed by atoms with Crippen LogP contribution in [0.2, 0.25) is 0 Å². The van der Waals surface area contributed by atoms with Crippen LogP contribution in [0.1, 0.15) is 193 Å². The number of Topliss-reactive ketones (excluding diaryl/α,β-unsaturated/α-hetero) is 4. The van der Waals surface area contributed by atoms with E-state index in [1.165, 1.54) is 60.8 Å². The minimum absolute atomic E-state index is 0.0288. The topological polar surface area (TPSA) is 263 Å². The predicted molar refractivity (Wildman–Crippen MR) is 540 cm³/mol. The first-order valence-corrected chi connectivity index (χ1v) is 48.7. The van der Waals surface area contributed by atoms with Gasteiger partial charge in [0.25, 0.3) is 0 Å². The van der Waals surface area contributed by atoms with Gasteiger partial charge in [0, 0.05) is 138 Å². The molecule has 0 spiro atoms. The molecule has 4 unspecified atom stereocenters. The maximum Gasteiger partial charge on any atom is 0.435 e. The number of aromatic amines is 1. The van der Waals surface area contributed by atoms with Crippen LogP contribution in [0.25, 0.3) is 68.0 Å². The minimum Gasteiger partial charge on any atom is -0.481 e. The second-order valence-electron chi connectivity index (χ2n) is 38.2. The number of carbonyl (C=O) groups is 4. The van der Waals surface area contributed by atoms with Crippen molar-refractivity contribution in [3.63, 3.8) is 0 Å². The average molecular weight is 2030 g/mol. The minimum atomic E-state index is -4.61. The number of ether oxygens (including phenoxy) is 1. The Balaban J connectivity index is 0.000000135. The Hall–Kier alpha value is -16.2. The number of nitrogens with zero attached hydrogens (tertiary/aromatic N) is 9. The Kier molecular flexibility index (Phi) is 32.3. The highest BCUT2D eigenvalue weighted by molar-refractivity contribution is 5.93. The lowest BCUT2D eigenvalue weighted by Crippen LogP contribution is -2.18. The number of halogens is 11. The summed E-state index contributed by atoms with van der Waals surface area (Å²) >= 11 is 0. The first-order chi connectivity index (χ1) is 71.5. The highest BCUT2D eigenvalue weighted by atomic mass is 19.4. The molecule has 1 N–H and O–H groups in total. The van der Waals surface area contributed by atoms with E-state index in [0.717, 1.165) is 130 Å². The second-order valence-corrected chi connectivity index (χ2v) is 38.2. The number of oxazole rings is 4. The molecule has 0 saturated carbocycles. The third-order valence-electron chi connectivity index (χ3n) is 26.6. The van der Waals surface area contributed by atoms with Crippen LogP contribution >= 0.6 is 0 Å². The summed E-state index contributed by atoms with van der Waals surface area (Å²) in [6, 6.07) is 55.0. The van der Waals surface area contributed by atoms with E-state index in [1.54, 1.807) is 44.2 Å². The Bertz CT molecular complexity index is 7820. The molecule has 20 nitrogen and oxygen atoms in total. The molecule has 4 atom stereocenters. The van der Waals surface area contributed by atoms with Gasteiger partial charge >= 0.3 is 6.18 Å². The number of hydrogen-bond donors (Lipinski definition) is 1. The zero-order valence-corrected chi connectivity index (χ0v) is 82.5. The van der Waals surface area contributed by atoms with Gasteiger partial charge in [0.15, 0.2) is 17.3 Å². The van der Waals surface area contributed by atoms with Crippen LogP contribution in [-0.4, -0.2) is 79.5 Å². The van der Waals surface area contributed by atoms with E-state index >= 15 is 0 Å². The summed E-state index contributed by atoms with van der Waals surface area (Å²) in [4.78, 5) is 94.0. The molecule has 0 aliphatic heterocycles. The number of ketones is 4. The number of alkyl halides is 3. The van der Waals surface area contributed by atoms with Gasteiger partial charge in [-0.25, -0.2) is 65.0 Å². The molecule has 31 heteroatoms. The molecule has 20 rings (SSSR count). The van der Waals surface area contributed by atoms with E-state index < -0.39 is 82.1 Å². The van der Waals surface area contributed by atoms with Crippen LogP contribution in [0.4, 0.5) is 48.3 Å². The first-order valence-electron chi connectivity index (χ1n) is 48.7. The third-order valence-corrected chi connectivity index (χ3v) is 26.6. The van der Waals surface area contributed by atoms with Crippen molar-refractivity contribution >= 4 is 45.3 Å². The number of fused-ring (bicyclic) bond motifs is 4. The van der Waals surface area contributed by atoms with Crippen molar-refractivity contribution in [3.8, 4) is 51.7 Å². The van der Waals surface area contributed by atoms with Gasteiger partial charge in [-0.3, -0.25) is 28.7 Å². The molecule has 0 saturated heterocycles. The summed E-state index contributed by atoms with van der Waals surface area (Å²) in [5.74, 6) is -4.15. The SMILES string of the molecule is COc1ccc2c(n1)C(CC(=O)CC(Cc1cc(F)cc(F)c1)c1cnc(-c3ccc(C)cc3)o1)=CC2.Cc1ccc(-c2ncc(C(CC(=O)CC3=CCc4ccc(=O)[nH]c43)Cc3cc(F)cc(F)c3)o2)cc1.Cc1ccc(-c2ncc(C(CC(=O)Cn3cnc4cc(C)c(C)cc43)Cc3cc(F)cc(F)c3)o2)cc1.Cc1ccc(-c2ncc(C(CC(=O)Cn3nc(C(F)(F)F)c4c3CCCC4)Cc3cc(F)cc(F)c3)o2)cc1. The van der Waals surface area contributed by atoms with Crippen LogP contribution in [0.5, 0.6) is 5.88 Å². The van der Waals surface area contributed by atoms with Gasteiger partial charge in [0.05, 0.1) is 68.0 Å². The van der Waals surface area contributed by atoms with Crippen molar-refractivity contribution in [3.05, 3.63) is 425 Å². The van der Waals surface area contributed by atoms with Crippen molar-refractivity contribution < 1.29 is 89.9 Å². The largest absolute Gasteiger partial charge is 0.481 e. The highest BCUT2D eigenvalue weighted by Crippen LogP contribution is 2.42. The molecule has 0 amide bonds. The molecule has 0 radical (unpaired) electrons. The normalized spacial score (nSPS) is 13.3. The van der Waals surface area contributed by atoms with Gasteiger partial charge in [-0.05, 0) is 271 Å². The number of pyridine rings is 2. The van der Waals surface area contributed by atoms with Crippen LogP contribution in [0.15, 0.2) is 272 Å². The molecule has 8 heterocycles. The fourth-order valence-corrected chi connectivity index (χ4v) is 19.0. The van der Waals surface area contributed by atoms with Gasteiger partial charge in [-0.1, -0.05) is 95.1 Å². The van der Waals surface area contributed by atoms with Crippen LogP contribution in [-0.2, 0) is 89.8 Å². The molecule has 762 valence electrons. The monoisotopic (exact) mass is 2030 g/mol. The number of hydrogen-bond acceptors (Lipinski definition) is 17. The van der Waals surface area contributed by atoms with Crippen molar-refractivity contribution in [2.45, 2.75) is 187 Å². The number of carbonyl (C=O) groups excluding carboxylic acids is 4. The zero-order chi connectivity index (χ0) is 105. The Morgan fingerprint density at radius 2 is 0.779 bits per heavy atom. The molecule has 8 aromatic heterocycles. The fraction of sp³-hybridized carbons (Fsp3) is 0.254. The quantitative estimate of drug-likeness (QED) is 0.0375. The van der Waals surface area contributed by atoms with Gasteiger partial charge in [0.2, 0.25) is 35.0 Å².